The van der Waals surface area contributed by atoms with E-state index in [4.69, 9.17) is 0 Å². The first-order valence-corrected chi connectivity index (χ1v) is 9.03. The third kappa shape index (κ3) is 4.06. The summed E-state index contributed by atoms with van der Waals surface area (Å²) in [4.78, 5) is 15.0. The molecule has 0 aromatic heterocycles. The average Bonchev–Trinajstić information content (AvgIpc) is 2.53. The number of alkyl halides is 1. The number of ketones is 1. The van der Waals surface area contributed by atoms with Crippen LogP contribution in [0.15, 0.2) is 59.1 Å². The Bertz CT molecular complexity index is 611. The largest absolute Gasteiger partial charge is 0.302 e. The summed E-state index contributed by atoms with van der Waals surface area (Å²) >= 11 is 6.95. The Morgan fingerprint density at radius 3 is 2.14 bits per heavy atom. The molecule has 2 aromatic rings. The van der Waals surface area contributed by atoms with Crippen LogP contribution < -0.4 is 0 Å². The summed E-state index contributed by atoms with van der Waals surface area (Å²) in [5.41, 5.74) is 1.90. The third-order valence-corrected chi connectivity index (χ3v) is 4.94. The zero-order valence-corrected chi connectivity index (χ0v) is 15.8. The van der Waals surface area contributed by atoms with E-state index in [1.165, 1.54) is 0 Å². The Morgan fingerprint density at radius 1 is 1.05 bits per heavy atom. The van der Waals surface area contributed by atoms with E-state index in [1.807, 2.05) is 56.6 Å². The maximum atomic E-state index is 12.9. The highest BCUT2D eigenvalue weighted by atomic mass is 79.9. The van der Waals surface area contributed by atoms with Crippen LogP contribution in [0.3, 0.4) is 0 Å². The first-order chi connectivity index (χ1) is 10.5. The van der Waals surface area contributed by atoms with Crippen LogP contribution in [0.1, 0.15) is 22.0 Å². The van der Waals surface area contributed by atoms with E-state index in [9.17, 15) is 4.79 Å². The smallest absolute Gasteiger partial charge is 0.168 e. The predicted octanol–water partition coefficient (Wildman–Crippen LogP) is 4.95. The van der Waals surface area contributed by atoms with Crippen molar-refractivity contribution < 1.29 is 4.79 Å². The van der Waals surface area contributed by atoms with Gasteiger partial charge in [-0.25, -0.2) is 0 Å². The van der Waals surface area contributed by atoms with Crippen molar-refractivity contribution in [2.75, 3.05) is 19.4 Å². The molecule has 0 saturated heterocycles. The summed E-state index contributed by atoms with van der Waals surface area (Å²) in [6.07, 6.45) is 0. The summed E-state index contributed by atoms with van der Waals surface area (Å²) < 4.78 is 0.978. The molecule has 0 aliphatic heterocycles. The lowest BCUT2D eigenvalue weighted by molar-refractivity contribution is 0.0857. The minimum Gasteiger partial charge on any atom is -0.302 e. The van der Waals surface area contributed by atoms with Gasteiger partial charge >= 0.3 is 0 Å². The molecular weight excluding hydrogens is 406 g/mol. The molecule has 2 rings (SSSR count). The van der Waals surface area contributed by atoms with Crippen LogP contribution in [-0.2, 0) is 0 Å². The van der Waals surface area contributed by atoms with Gasteiger partial charge in [0.2, 0.25) is 0 Å². The first-order valence-electron chi connectivity index (χ1n) is 7.11. The Balaban J connectivity index is 2.35. The number of benzene rings is 2. The van der Waals surface area contributed by atoms with E-state index in [-0.39, 0.29) is 17.7 Å². The standard InChI is InChI=1S/C18H19Br2NO/c1-21(2)17(13-6-4-3-5-7-13)16(12-19)18(22)14-8-10-15(20)11-9-14/h3-11,16-17H,12H2,1-2H3/t16-,17-/m0/s1. The number of hydrogen-bond acceptors (Lipinski definition) is 2. The van der Waals surface area contributed by atoms with E-state index < -0.39 is 0 Å². The molecule has 0 fully saturated rings. The molecule has 2 aromatic carbocycles. The highest BCUT2D eigenvalue weighted by Gasteiger charge is 2.30. The molecule has 0 heterocycles. The molecule has 0 aliphatic rings. The number of carbonyl (C=O) groups is 1. The second-order valence-corrected chi connectivity index (χ2v) is 7.01. The van der Waals surface area contributed by atoms with Crippen molar-refractivity contribution in [2.24, 2.45) is 5.92 Å². The predicted molar refractivity (Wildman–Crippen MR) is 98.6 cm³/mol. The van der Waals surface area contributed by atoms with E-state index in [0.29, 0.717) is 5.33 Å². The Morgan fingerprint density at radius 2 is 1.64 bits per heavy atom. The number of halogens is 2. The average molecular weight is 425 g/mol. The van der Waals surface area contributed by atoms with Crippen molar-refractivity contribution in [1.29, 1.82) is 0 Å². The summed E-state index contributed by atoms with van der Waals surface area (Å²) in [6.45, 7) is 0. The number of hydrogen-bond donors (Lipinski definition) is 0. The minimum atomic E-state index is -0.140. The van der Waals surface area contributed by atoms with Crippen LogP contribution in [0.4, 0.5) is 0 Å². The van der Waals surface area contributed by atoms with Crippen molar-refractivity contribution in [1.82, 2.24) is 4.90 Å². The molecule has 2 nitrogen and oxygen atoms in total. The van der Waals surface area contributed by atoms with Gasteiger partial charge in [-0.15, -0.1) is 0 Å². The summed E-state index contributed by atoms with van der Waals surface area (Å²) in [5, 5.41) is 0.625. The van der Waals surface area contributed by atoms with E-state index >= 15 is 0 Å². The molecule has 0 saturated carbocycles. The molecule has 0 unspecified atom stereocenters. The summed E-state index contributed by atoms with van der Waals surface area (Å²) in [6, 6.07) is 17.8. The molecule has 22 heavy (non-hydrogen) atoms. The Kier molecular flexibility index (Phi) is 6.36. The molecule has 0 amide bonds. The monoisotopic (exact) mass is 423 g/mol. The van der Waals surface area contributed by atoms with Crippen molar-refractivity contribution in [3.8, 4) is 0 Å². The fourth-order valence-electron chi connectivity index (χ4n) is 2.67. The van der Waals surface area contributed by atoms with E-state index in [0.717, 1.165) is 15.6 Å². The Labute approximate surface area is 148 Å². The number of rotatable bonds is 6. The number of carbonyl (C=O) groups excluding carboxylic acids is 1. The van der Waals surface area contributed by atoms with Crippen molar-refractivity contribution in [3.63, 3.8) is 0 Å². The Hall–Kier alpha value is -0.970. The van der Waals surface area contributed by atoms with Gasteiger partial charge in [-0.3, -0.25) is 4.79 Å². The SMILES string of the molecule is CN(C)[C@@H](c1ccccc1)[C@H](CBr)C(=O)c1ccc(Br)cc1. The van der Waals surface area contributed by atoms with Crippen LogP contribution in [0.25, 0.3) is 0 Å². The van der Waals surface area contributed by atoms with Gasteiger partial charge in [0.25, 0.3) is 0 Å². The molecule has 0 radical (unpaired) electrons. The highest BCUT2D eigenvalue weighted by molar-refractivity contribution is 9.10. The molecule has 0 bridgehead atoms. The van der Waals surface area contributed by atoms with Gasteiger partial charge in [-0.1, -0.05) is 74.3 Å². The maximum absolute atomic E-state index is 12.9. The van der Waals surface area contributed by atoms with E-state index in [1.54, 1.807) is 0 Å². The zero-order valence-electron chi connectivity index (χ0n) is 12.7. The minimum absolute atomic E-state index is 0.0386. The molecule has 116 valence electrons. The quantitative estimate of drug-likeness (QED) is 0.483. The second kappa shape index (κ2) is 8.04. The van der Waals surface area contributed by atoms with Crippen molar-refractivity contribution in [2.45, 2.75) is 6.04 Å². The zero-order chi connectivity index (χ0) is 16.1. The van der Waals surface area contributed by atoms with Crippen molar-refractivity contribution >= 4 is 37.6 Å². The van der Waals surface area contributed by atoms with Crippen LogP contribution >= 0.6 is 31.9 Å². The summed E-state index contributed by atoms with van der Waals surface area (Å²) in [5.74, 6) is 0.0190. The second-order valence-electron chi connectivity index (χ2n) is 5.45. The fourth-order valence-corrected chi connectivity index (χ4v) is 3.58. The van der Waals surface area contributed by atoms with Crippen molar-refractivity contribution in [3.05, 3.63) is 70.2 Å². The highest BCUT2D eigenvalue weighted by Crippen LogP contribution is 2.31. The number of Topliss-reactive ketones (excluding diaryl/α,β-unsaturated/α-hetero) is 1. The van der Waals surface area contributed by atoms with Gasteiger partial charge in [-0.05, 0) is 31.8 Å². The topological polar surface area (TPSA) is 20.3 Å². The van der Waals surface area contributed by atoms with Gasteiger partial charge in [0.05, 0.1) is 5.92 Å². The maximum Gasteiger partial charge on any atom is 0.168 e. The molecule has 0 aliphatic carbocycles. The van der Waals surface area contributed by atoms with Gasteiger partial charge in [0.1, 0.15) is 0 Å². The lowest BCUT2D eigenvalue weighted by atomic mass is 9.87. The molecule has 0 spiro atoms. The van der Waals surface area contributed by atoms with Gasteiger partial charge < -0.3 is 4.90 Å². The molecule has 0 N–H and O–H groups in total. The van der Waals surface area contributed by atoms with Gasteiger partial charge in [-0.2, -0.15) is 0 Å². The summed E-state index contributed by atoms with van der Waals surface area (Å²) in [7, 11) is 4.03. The lowest BCUT2D eigenvalue weighted by Crippen LogP contribution is -2.33. The third-order valence-electron chi connectivity index (χ3n) is 3.71. The van der Waals surface area contributed by atoms with Gasteiger partial charge in [0, 0.05) is 21.4 Å². The first kappa shape index (κ1) is 17.4. The molecule has 4 heteroatoms. The molecular formula is C18H19Br2NO. The molecule has 2 atom stereocenters. The lowest BCUT2D eigenvalue weighted by Gasteiger charge is -2.31. The van der Waals surface area contributed by atoms with Crippen LogP contribution in [0.2, 0.25) is 0 Å². The number of nitrogens with zero attached hydrogens (tertiary/aromatic N) is 1. The normalized spacial score (nSPS) is 13.9. The fraction of sp³-hybridized carbons (Fsp3) is 0.278. The van der Waals surface area contributed by atoms with E-state index in [2.05, 4.69) is 48.9 Å². The van der Waals surface area contributed by atoms with Gasteiger partial charge in [0.15, 0.2) is 5.78 Å². The van der Waals surface area contributed by atoms with Crippen LogP contribution in [0.5, 0.6) is 0 Å². The van der Waals surface area contributed by atoms with Crippen LogP contribution in [-0.4, -0.2) is 30.1 Å². The van der Waals surface area contributed by atoms with Crippen LogP contribution in [0, 0.1) is 5.92 Å².